The average molecular weight is 350 g/mol. The van der Waals surface area contributed by atoms with E-state index in [1.54, 1.807) is 33.3 Å². The third kappa shape index (κ3) is 4.12. The summed E-state index contributed by atoms with van der Waals surface area (Å²) in [5.74, 6) is 1.51. The van der Waals surface area contributed by atoms with Crippen molar-refractivity contribution < 1.29 is 18.7 Å². The molecule has 1 aliphatic carbocycles. The van der Waals surface area contributed by atoms with Crippen LogP contribution in [0.25, 0.3) is 0 Å². The molecule has 1 N–H and O–H groups in total. The zero-order chi connectivity index (χ0) is 18.0. The van der Waals surface area contributed by atoms with E-state index in [1.807, 2.05) is 0 Å². The average Bonchev–Trinajstić information content (AvgIpc) is 2.96. The number of hydrogen-bond acceptors (Lipinski definition) is 4. The third-order valence-electron chi connectivity index (χ3n) is 5.53. The number of methoxy groups -OCH3 is 2. The van der Waals surface area contributed by atoms with Gasteiger partial charge in [-0.1, -0.05) is 0 Å². The molecule has 138 valence electrons. The lowest BCUT2D eigenvalue weighted by atomic mass is 9.77. The molecule has 25 heavy (non-hydrogen) atoms. The highest BCUT2D eigenvalue weighted by molar-refractivity contribution is 5.73. The van der Waals surface area contributed by atoms with E-state index in [2.05, 4.69) is 10.2 Å². The van der Waals surface area contributed by atoms with E-state index < -0.39 is 0 Å². The van der Waals surface area contributed by atoms with E-state index in [9.17, 15) is 9.18 Å². The van der Waals surface area contributed by atoms with Crippen LogP contribution in [0.4, 0.5) is 4.39 Å². The molecule has 1 aromatic rings. The molecule has 2 aliphatic rings. The summed E-state index contributed by atoms with van der Waals surface area (Å²) in [6, 6.07) is 4.95. The molecule has 0 aromatic heterocycles. The molecule has 4 atom stereocenters. The molecule has 1 aliphatic heterocycles. The summed E-state index contributed by atoms with van der Waals surface area (Å²) in [6.45, 7) is 3.99. The van der Waals surface area contributed by atoms with Crippen molar-refractivity contribution in [3.63, 3.8) is 0 Å². The number of benzene rings is 1. The molecule has 6 heteroatoms. The number of ether oxygens (including phenoxy) is 2. The Balaban J connectivity index is 1.66. The smallest absolute Gasteiger partial charge is 0.217 e. The number of rotatable bonds is 5. The second-order valence-electron chi connectivity index (χ2n) is 7.22. The number of fused-ring (bicyclic) bond motifs is 1. The molecule has 0 spiro atoms. The van der Waals surface area contributed by atoms with Crippen molar-refractivity contribution >= 4 is 5.91 Å². The van der Waals surface area contributed by atoms with Crippen LogP contribution in [0, 0.1) is 17.7 Å². The van der Waals surface area contributed by atoms with Crippen molar-refractivity contribution in [3.05, 3.63) is 29.6 Å². The van der Waals surface area contributed by atoms with Crippen LogP contribution in [0.5, 0.6) is 5.75 Å². The summed E-state index contributed by atoms with van der Waals surface area (Å²) in [6.07, 6.45) is 1.90. The SMILES string of the molecule is COc1ccc(F)c(CN2C[C@H]3C[C@@H](NC(C)=O)[C@H](OC)C[C@H]3C2)c1. The molecule has 0 radical (unpaired) electrons. The Morgan fingerprint density at radius 2 is 2.00 bits per heavy atom. The first-order chi connectivity index (χ1) is 12.0. The van der Waals surface area contributed by atoms with Crippen LogP contribution in [-0.4, -0.2) is 50.3 Å². The van der Waals surface area contributed by atoms with Gasteiger partial charge in [0.15, 0.2) is 0 Å². The molecule has 0 bridgehead atoms. The number of amides is 1. The van der Waals surface area contributed by atoms with Gasteiger partial charge in [0.2, 0.25) is 5.91 Å². The van der Waals surface area contributed by atoms with E-state index in [-0.39, 0.29) is 23.9 Å². The van der Waals surface area contributed by atoms with Gasteiger partial charge in [-0.3, -0.25) is 9.69 Å². The van der Waals surface area contributed by atoms with Crippen LogP contribution >= 0.6 is 0 Å². The first-order valence-electron chi connectivity index (χ1n) is 8.84. The standard InChI is InChI=1S/C19H27FN2O3/c1-12(23)21-18-7-13-9-22(10-14(13)8-19(18)25-3)11-15-6-16(24-2)4-5-17(15)20/h4-6,13-14,18-19H,7-11H2,1-3H3,(H,21,23)/t13-,14+,18-,19-/m1/s1. The lowest BCUT2D eigenvalue weighted by molar-refractivity contribution is -0.121. The Morgan fingerprint density at radius 3 is 2.64 bits per heavy atom. The van der Waals surface area contributed by atoms with Crippen LogP contribution in [-0.2, 0) is 16.1 Å². The van der Waals surface area contributed by atoms with E-state index >= 15 is 0 Å². The maximum Gasteiger partial charge on any atom is 0.217 e. The largest absolute Gasteiger partial charge is 0.497 e. The summed E-state index contributed by atoms with van der Waals surface area (Å²) < 4.78 is 24.9. The number of carbonyl (C=O) groups is 1. The van der Waals surface area contributed by atoms with E-state index in [4.69, 9.17) is 9.47 Å². The van der Waals surface area contributed by atoms with Gasteiger partial charge >= 0.3 is 0 Å². The minimum atomic E-state index is -0.193. The molecule has 1 saturated carbocycles. The fourth-order valence-electron chi connectivity index (χ4n) is 4.35. The van der Waals surface area contributed by atoms with Gasteiger partial charge in [-0.25, -0.2) is 4.39 Å². The molecule has 1 amide bonds. The predicted molar refractivity (Wildman–Crippen MR) is 92.8 cm³/mol. The molecule has 1 heterocycles. The highest BCUT2D eigenvalue weighted by Gasteiger charge is 2.42. The van der Waals surface area contributed by atoms with Crippen molar-refractivity contribution in [2.24, 2.45) is 11.8 Å². The van der Waals surface area contributed by atoms with Gasteiger partial charge in [0.1, 0.15) is 11.6 Å². The summed E-state index contributed by atoms with van der Waals surface area (Å²) in [5, 5.41) is 3.03. The van der Waals surface area contributed by atoms with Crippen molar-refractivity contribution in [2.75, 3.05) is 27.3 Å². The van der Waals surface area contributed by atoms with E-state index in [0.717, 1.165) is 25.9 Å². The van der Waals surface area contributed by atoms with Crippen LogP contribution in [0.1, 0.15) is 25.3 Å². The predicted octanol–water partition coefficient (Wildman–Crippen LogP) is 2.20. The van der Waals surface area contributed by atoms with Crippen molar-refractivity contribution in [2.45, 2.75) is 38.5 Å². The van der Waals surface area contributed by atoms with Crippen molar-refractivity contribution in [1.29, 1.82) is 0 Å². The first-order valence-corrected chi connectivity index (χ1v) is 8.84. The summed E-state index contributed by atoms with van der Waals surface area (Å²) >= 11 is 0. The lowest BCUT2D eigenvalue weighted by Gasteiger charge is -2.37. The quantitative estimate of drug-likeness (QED) is 0.885. The Kier molecular flexibility index (Phi) is 5.59. The van der Waals surface area contributed by atoms with E-state index in [0.29, 0.717) is 29.7 Å². The van der Waals surface area contributed by atoms with Gasteiger partial charge in [-0.05, 0) is 42.9 Å². The Labute approximate surface area is 148 Å². The molecular formula is C19H27FN2O3. The number of nitrogens with zero attached hydrogens (tertiary/aromatic N) is 1. The van der Waals surface area contributed by atoms with Crippen LogP contribution in [0.15, 0.2) is 18.2 Å². The molecule has 1 aromatic carbocycles. The first kappa shape index (κ1) is 18.1. The van der Waals surface area contributed by atoms with Gasteiger partial charge in [-0.15, -0.1) is 0 Å². The van der Waals surface area contributed by atoms with Gasteiger partial charge in [0.25, 0.3) is 0 Å². The van der Waals surface area contributed by atoms with Crippen LogP contribution in [0.3, 0.4) is 0 Å². The number of hydrogen-bond donors (Lipinski definition) is 1. The molecule has 0 unspecified atom stereocenters. The van der Waals surface area contributed by atoms with Crippen molar-refractivity contribution in [1.82, 2.24) is 10.2 Å². The molecular weight excluding hydrogens is 323 g/mol. The van der Waals surface area contributed by atoms with Gasteiger partial charge in [-0.2, -0.15) is 0 Å². The Bertz CT molecular complexity index is 625. The normalized spacial score (nSPS) is 29.3. The zero-order valence-corrected chi connectivity index (χ0v) is 15.1. The molecule has 5 nitrogen and oxygen atoms in total. The topological polar surface area (TPSA) is 50.8 Å². The van der Waals surface area contributed by atoms with Gasteiger partial charge in [0, 0.05) is 39.2 Å². The lowest BCUT2D eigenvalue weighted by Crippen LogP contribution is -2.49. The second-order valence-corrected chi connectivity index (χ2v) is 7.22. The highest BCUT2D eigenvalue weighted by atomic mass is 19.1. The Hall–Kier alpha value is -1.66. The minimum Gasteiger partial charge on any atom is -0.497 e. The number of nitrogens with one attached hydrogen (secondary N) is 1. The third-order valence-corrected chi connectivity index (χ3v) is 5.53. The monoisotopic (exact) mass is 350 g/mol. The fourth-order valence-corrected chi connectivity index (χ4v) is 4.35. The molecule has 2 fully saturated rings. The molecule has 3 rings (SSSR count). The van der Waals surface area contributed by atoms with Gasteiger partial charge in [0.05, 0.1) is 19.3 Å². The summed E-state index contributed by atoms with van der Waals surface area (Å²) in [5.41, 5.74) is 0.666. The number of likely N-dealkylation sites (tertiary alicyclic amines) is 1. The minimum absolute atomic E-state index is 0.0150. The van der Waals surface area contributed by atoms with Crippen LogP contribution < -0.4 is 10.1 Å². The highest BCUT2D eigenvalue weighted by Crippen LogP contribution is 2.38. The maximum atomic E-state index is 14.1. The number of halogens is 1. The maximum absolute atomic E-state index is 14.1. The zero-order valence-electron chi connectivity index (χ0n) is 15.1. The fraction of sp³-hybridized carbons (Fsp3) is 0.632. The second kappa shape index (κ2) is 7.70. The van der Waals surface area contributed by atoms with Crippen molar-refractivity contribution in [3.8, 4) is 5.75 Å². The van der Waals surface area contributed by atoms with Crippen LogP contribution in [0.2, 0.25) is 0 Å². The number of carbonyl (C=O) groups excluding carboxylic acids is 1. The van der Waals surface area contributed by atoms with Gasteiger partial charge < -0.3 is 14.8 Å². The summed E-state index contributed by atoms with van der Waals surface area (Å²) in [7, 11) is 3.30. The van der Waals surface area contributed by atoms with E-state index in [1.165, 1.54) is 6.07 Å². The molecule has 1 saturated heterocycles. The Morgan fingerprint density at radius 1 is 1.28 bits per heavy atom. The summed E-state index contributed by atoms with van der Waals surface area (Å²) in [4.78, 5) is 13.7.